The Hall–Kier alpha value is -0.770. The molecule has 0 spiro atoms. The van der Waals surface area contributed by atoms with Gasteiger partial charge in [0, 0.05) is 21.7 Å². The maximum Gasteiger partial charge on any atom is 0.0232 e. The minimum Gasteiger partial charge on any atom is -0.326 e. The Morgan fingerprint density at radius 2 is 1.82 bits per heavy atom. The fraction of sp³-hybridized carbons (Fsp3) is 0.143. The van der Waals surface area contributed by atoms with Crippen molar-refractivity contribution in [2.75, 3.05) is 0 Å². The maximum atomic E-state index is 5.74. The summed E-state index contributed by atoms with van der Waals surface area (Å²) in [5.74, 6) is 0.976. The van der Waals surface area contributed by atoms with Crippen LogP contribution in [0.2, 0.25) is 0 Å². The fourth-order valence-electron chi connectivity index (χ4n) is 1.57. The van der Waals surface area contributed by atoms with E-state index in [9.17, 15) is 0 Å². The Balaban J connectivity index is 2.11. The summed E-state index contributed by atoms with van der Waals surface area (Å²) in [6.45, 7) is 0.588. The first-order chi connectivity index (χ1) is 8.29. The molecular weight excluding hydrogens is 294 g/mol. The Labute approximate surface area is 115 Å². The first kappa shape index (κ1) is 12.7. The molecule has 2 aromatic carbocycles. The van der Waals surface area contributed by atoms with E-state index in [1.165, 1.54) is 16.0 Å². The first-order valence-corrected chi connectivity index (χ1v) is 7.22. The van der Waals surface area contributed by atoms with Crippen molar-refractivity contribution in [3.05, 3.63) is 64.1 Å². The van der Waals surface area contributed by atoms with Gasteiger partial charge in [-0.05, 0) is 23.3 Å². The predicted octanol–water partition coefficient (Wildman–Crippen LogP) is 4.20. The Kier molecular flexibility index (Phi) is 4.66. The van der Waals surface area contributed by atoms with Gasteiger partial charge < -0.3 is 5.73 Å². The molecule has 0 amide bonds. The van der Waals surface area contributed by atoms with E-state index in [2.05, 4.69) is 52.3 Å². The number of benzene rings is 2. The summed E-state index contributed by atoms with van der Waals surface area (Å²) in [7, 11) is 0. The summed E-state index contributed by atoms with van der Waals surface area (Å²) < 4.78 is 1.10. The molecule has 0 aliphatic heterocycles. The fourth-order valence-corrected chi connectivity index (χ4v) is 3.14. The molecule has 2 rings (SSSR count). The molecule has 0 aliphatic carbocycles. The normalized spacial score (nSPS) is 10.5. The van der Waals surface area contributed by atoms with Gasteiger partial charge in [-0.3, -0.25) is 0 Å². The van der Waals surface area contributed by atoms with Gasteiger partial charge in [-0.15, -0.1) is 11.8 Å². The van der Waals surface area contributed by atoms with Gasteiger partial charge in [0.2, 0.25) is 0 Å². The molecule has 3 heteroatoms. The van der Waals surface area contributed by atoms with Crippen LogP contribution in [0.5, 0.6) is 0 Å². The monoisotopic (exact) mass is 307 g/mol. The molecule has 88 valence electrons. The highest BCUT2D eigenvalue weighted by atomic mass is 79.9. The van der Waals surface area contributed by atoms with Crippen LogP contribution in [-0.4, -0.2) is 0 Å². The topological polar surface area (TPSA) is 26.0 Å². The molecule has 0 atom stereocenters. The van der Waals surface area contributed by atoms with Crippen LogP contribution < -0.4 is 5.73 Å². The zero-order valence-corrected chi connectivity index (χ0v) is 11.8. The number of thioether (sulfide) groups is 1. The molecular formula is C14H14BrNS. The van der Waals surface area contributed by atoms with E-state index in [-0.39, 0.29) is 0 Å². The number of hydrogen-bond acceptors (Lipinski definition) is 2. The maximum absolute atomic E-state index is 5.74. The smallest absolute Gasteiger partial charge is 0.0232 e. The van der Waals surface area contributed by atoms with E-state index in [1.54, 1.807) is 0 Å². The van der Waals surface area contributed by atoms with Gasteiger partial charge in [0.1, 0.15) is 0 Å². The molecule has 0 aliphatic rings. The van der Waals surface area contributed by atoms with Gasteiger partial charge in [0.25, 0.3) is 0 Å². The van der Waals surface area contributed by atoms with Crippen molar-refractivity contribution < 1.29 is 0 Å². The van der Waals surface area contributed by atoms with Crippen molar-refractivity contribution in [1.29, 1.82) is 0 Å². The Morgan fingerprint density at radius 3 is 2.53 bits per heavy atom. The van der Waals surface area contributed by atoms with Crippen molar-refractivity contribution in [3.63, 3.8) is 0 Å². The third-order valence-corrected chi connectivity index (χ3v) is 4.15. The van der Waals surface area contributed by atoms with Crippen LogP contribution in [-0.2, 0) is 12.3 Å². The van der Waals surface area contributed by atoms with E-state index in [4.69, 9.17) is 5.73 Å². The standard InChI is InChI=1S/C14H14BrNS/c15-13-7-6-12(9-16)14(8-13)17-10-11-4-2-1-3-5-11/h1-8H,9-10,16H2. The molecule has 0 saturated carbocycles. The van der Waals surface area contributed by atoms with Crippen LogP contribution in [0.1, 0.15) is 11.1 Å². The van der Waals surface area contributed by atoms with Crippen molar-refractivity contribution in [3.8, 4) is 0 Å². The van der Waals surface area contributed by atoms with E-state index in [0.717, 1.165) is 10.2 Å². The lowest BCUT2D eigenvalue weighted by atomic mass is 10.2. The zero-order chi connectivity index (χ0) is 12.1. The average molecular weight is 308 g/mol. The lowest BCUT2D eigenvalue weighted by Gasteiger charge is -2.08. The van der Waals surface area contributed by atoms with Crippen LogP contribution in [0.4, 0.5) is 0 Å². The summed E-state index contributed by atoms with van der Waals surface area (Å²) in [4.78, 5) is 1.26. The van der Waals surface area contributed by atoms with E-state index in [0.29, 0.717) is 6.54 Å². The van der Waals surface area contributed by atoms with Gasteiger partial charge in [-0.1, -0.05) is 52.3 Å². The third-order valence-electron chi connectivity index (χ3n) is 2.49. The molecule has 2 aromatic rings. The Bertz CT molecular complexity index is 485. The second-order valence-corrected chi connectivity index (χ2v) is 5.66. The van der Waals surface area contributed by atoms with Crippen LogP contribution >= 0.6 is 27.7 Å². The van der Waals surface area contributed by atoms with Crippen molar-refractivity contribution in [2.45, 2.75) is 17.2 Å². The van der Waals surface area contributed by atoms with E-state index >= 15 is 0 Å². The number of nitrogens with two attached hydrogens (primary N) is 1. The lowest BCUT2D eigenvalue weighted by molar-refractivity contribution is 1.02. The summed E-state index contributed by atoms with van der Waals surface area (Å²) >= 11 is 5.33. The Morgan fingerprint density at radius 1 is 1.06 bits per heavy atom. The van der Waals surface area contributed by atoms with Gasteiger partial charge >= 0.3 is 0 Å². The van der Waals surface area contributed by atoms with Crippen LogP contribution in [0.3, 0.4) is 0 Å². The third kappa shape index (κ3) is 3.60. The second-order valence-electron chi connectivity index (χ2n) is 3.73. The largest absolute Gasteiger partial charge is 0.326 e. The molecule has 17 heavy (non-hydrogen) atoms. The van der Waals surface area contributed by atoms with Crippen LogP contribution in [0.15, 0.2) is 57.9 Å². The highest BCUT2D eigenvalue weighted by Crippen LogP contribution is 2.28. The van der Waals surface area contributed by atoms with Crippen molar-refractivity contribution >= 4 is 27.7 Å². The van der Waals surface area contributed by atoms with Crippen molar-refractivity contribution in [2.24, 2.45) is 5.73 Å². The molecule has 0 bridgehead atoms. The summed E-state index contributed by atoms with van der Waals surface area (Å²) in [5, 5.41) is 0. The highest BCUT2D eigenvalue weighted by Gasteiger charge is 2.03. The SMILES string of the molecule is NCc1ccc(Br)cc1SCc1ccccc1. The van der Waals surface area contributed by atoms with Gasteiger partial charge in [-0.2, -0.15) is 0 Å². The van der Waals surface area contributed by atoms with E-state index in [1.807, 2.05) is 23.9 Å². The molecule has 2 N–H and O–H groups in total. The number of hydrogen-bond donors (Lipinski definition) is 1. The average Bonchev–Trinajstić information content (AvgIpc) is 2.38. The first-order valence-electron chi connectivity index (χ1n) is 5.45. The summed E-state index contributed by atoms with van der Waals surface area (Å²) in [5.41, 5.74) is 8.28. The summed E-state index contributed by atoms with van der Waals surface area (Å²) in [6.07, 6.45) is 0. The predicted molar refractivity (Wildman–Crippen MR) is 78.0 cm³/mol. The molecule has 0 unspecified atom stereocenters. The van der Waals surface area contributed by atoms with Gasteiger partial charge in [-0.25, -0.2) is 0 Å². The molecule has 1 nitrogen and oxygen atoms in total. The molecule has 0 saturated heterocycles. The van der Waals surface area contributed by atoms with Gasteiger partial charge in [0.15, 0.2) is 0 Å². The number of rotatable bonds is 4. The quantitative estimate of drug-likeness (QED) is 0.857. The number of halogens is 1. The van der Waals surface area contributed by atoms with Crippen LogP contribution in [0, 0.1) is 0 Å². The minimum absolute atomic E-state index is 0.588. The highest BCUT2D eigenvalue weighted by molar-refractivity contribution is 9.10. The van der Waals surface area contributed by atoms with Crippen LogP contribution in [0.25, 0.3) is 0 Å². The molecule has 0 heterocycles. The van der Waals surface area contributed by atoms with E-state index < -0.39 is 0 Å². The molecule has 0 aromatic heterocycles. The van der Waals surface area contributed by atoms with Gasteiger partial charge in [0.05, 0.1) is 0 Å². The minimum atomic E-state index is 0.588. The summed E-state index contributed by atoms with van der Waals surface area (Å²) in [6, 6.07) is 16.7. The second kappa shape index (κ2) is 6.24. The zero-order valence-electron chi connectivity index (χ0n) is 9.40. The van der Waals surface area contributed by atoms with Crippen molar-refractivity contribution in [1.82, 2.24) is 0 Å². The molecule has 0 fully saturated rings. The molecule has 0 radical (unpaired) electrons. The lowest BCUT2D eigenvalue weighted by Crippen LogP contribution is -1.98.